The van der Waals surface area contributed by atoms with E-state index < -0.39 is 16.0 Å². The predicted molar refractivity (Wildman–Crippen MR) is 78.5 cm³/mol. The lowest BCUT2D eigenvalue weighted by Gasteiger charge is -2.08. The van der Waals surface area contributed by atoms with Crippen molar-refractivity contribution in [3.8, 4) is 0 Å². The molecule has 0 fully saturated rings. The Bertz CT molecular complexity index is 807. The molecule has 0 aliphatic rings. The van der Waals surface area contributed by atoms with Crippen molar-refractivity contribution < 1.29 is 23.1 Å². The number of carboxylic acid groups (broad SMARTS) is 1. The van der Waals surface area contributed by atoms with Gasteiger partial charge in [0.2, 0.25) is 0 Å². The van der Waals surface area contributed by atoms with Crippen LogP contribution in [0.1, 0.15) is 27.0 Å². The van der Waals surface area contributed by atoms with E-state index in [2.05, 4.69) is 4.72 Å². The third-order valence-electron chi connectivity index (χ3n) is 2.65. The molecule has 0 aliphatic carbocycles. The van der Waals surface area contributed by atoms with Crippen molar-refractivity contribution in [1.29, 1.82) is 0 Å². The molecule has 8 heteroatoms. The van der Waals surface area contributed by atoms with Crippen molar-refractivity contribution in [2.75, 3.05) is 4.72 Å². The molecular weight excluding hydrogens is 314 g/mol. The first kappa shape index (κ1) is 15.2. The topological polar surface area (TPSA) is 101 Å². The molecular formula is C13H11NO5S2. The van der Waals surface area contributed by atoms with Crippen molar-refractivity contribution in [2.24, 2.45) is 0 Å². The van der Waals surface area contributed by atoms with Gasteiger partial charge < -0.3 is 5.11 Å². The smallest absolute Gasteiger partial charge is 0.348 e. The van der Waals surface area contributed by atoms with Gasteiger partial charge in [0.05, 0.1) is 10.6 Å². The summed E-state index contributed by atoms with van der Waals surface area (Å²) in [5.74, 6) is -1.46. The van der Waals surface area contributed by atoms with Gasteiger partial charge in [-0.05, 0) is 30.5 Å². The van der Waals surface area contributed by atoms with Crippen LogP contribution in [0, 0.1) is 0 Å². The average Bonchev–Trinajstić information content (AvgIpc) is 2.86. The van der Waals surface area contributed by atoms with Crippen LogP contribution in [0.4, 0.5) is 5.69 Å². The van der Waals surface area contributed by atoms with Gasteiger partial charge in [0, 0.05) is 5.56 Å². The summed E-state index contributed by atoms with van der Waals surface area (Å²) >= 11 is 0.921. The van der Waals surface area contributed by atoms with Crippen molar-refractivity contribution in [3.05, 3.63) is 46.2 Å². The summed E-state index contributed by atoms with van der Waals surface area (Å²) in [6.45, 7) is 1.33. The summed E-state index contributed by atoms with van der Waals surface area (Å²) in [4.78, 5) is 22.1. The highest BCUT2D eigenvalue weighted by molar-refractivity contribution is 7.92. The first-order valence-corrected chi connectivity index (χ1v) is 8.12. The molecule has 0 aliphatic heterocycles. The number of aromatic carboxylic acids is 1. The fourth-order valence-electron chi connectivity index (χ4n) is 1.64. The number of hydrogen-bond donors (Lipinski definition) is 2. The molecule has 0 saturated carbocycles. The first-order chi connectivity index (χ1) is 9.81. The number of Topliss-reactive ketones (excluding diaryl/α,β-unsaturated/α-hetero) is 1. The first-order valence-electron chi connectivity index (χ1n) is 5.76. The van der Waals surface area contributed by atoms with E-state index in [1.165, 1.54) is 42.6 Å². The maximum Gasteiger partial charge on any atom is 0.348 e. The largest absolute Gasteiger partial charge is 0.477 e. The van der Waals surface area contributed by atoms with Crippen molar-refractivity contribution in [3.63, 3.8) is 0 Å². The second kappa shape index (κ2) is 5.66. The summed E-state index contributed by atoms with van der Waals surface area (Å²) in [5.41, 5.74) is 0.266. The molecule has 21 heavy (non-hydrogen) atoms. The van der Waals surface area contributed by atoms with Crippen molar-refractivity contribution >= 4 is 38.8 Å². The van der Waals surface area contributed by atoms with Crippen LogP contribution in [0.5, 0.6) is 0 Å². The Balaban J connectivity index is 2.39. The molecule has 6 nitrogen and oxygen atoms in total. The number of carboxylic acids is 1. The normalized spacial score (nSPS) is 11.1. The lowest BCUT2D eigenvalue weighted by molar-refractivity contribution is 0.0703. The third kappa shape index (κ3) is 3.29. The lowest BCUT2D eigenvalue weighted by atomic mass is 10.2. The highest BCUT2D eigenvalue weighted by Gasteiger charge is 2.20. The SMILES string of the molecule is CC(=O)c1cccc(S(=O)(=O)Nc2ccsc2C(=O)O)c1. The molecule has 0 radical (unpaired) electrons. The molecule has 0 saturated heterocycles. The monoisotopic (exact) mass is 325 g/mol. The van der Waals surface area contributed by atoms with E-state index in [4.69, 9.17) is 5.11 Å². The number of benzene rings is 1. The zero-order chi connectivity index (χ0) is 15.6. The quantitative estimate of drug-likeness (QED) is 0.822. The molecule has 0 spiro atoms. The third-order valence-corrected chi connectivity index (χ3v) is 4.92. The van der Waals surface area contributed by atoms with E-state index >= 15 is 0 Å². The second-order valence-corrected chi connectivity index (χ2v) is 6.76. The fourth-order valence-corrected chi connectivity index (χ4v) is 3.51. The number of anilines is 1. The minimum absolute atomic E-state index is 0.000674. The molecule has 110 valence electrons. The van der Waals surface area contributed by atoms with E-state index in [0.717, 1.165) is 11.3 Å². The van der Waals surface area contributed by atoms with Crippen LogP contribution >= 0.6 is 11.3 Å². The minimum atomic E-state index is -3.95. The summed E-state index contributed by atoms with van der Waals surface area (Å²) < 4.78 is 26.7. The van der Waals surface area contributed by atoms with E-state index in [9.17, 15) is 18.0 Å². The van der Waals surface area contributed by atoms with Gasteiger partial charge in [0.1, 0.15) is 4.88 Å². The zero-order valence-electron chi connectivity index (χ0n) is 10.9. The number of thiophene rings is 1. The molecule has 0 atom stereocenters. The number of sulfonamides is 1. The molecule has 1 aromatic heterocycles. The number of ketones is 1. The Kier molecular flexibility index (Phi) is 4.10. The highest BCUT2D eigenvalue weighted by Crippen LogP contribution is 2.25. The summed E-state index contributed by atoms with van der Waals surface area (Å²) in [5, 5.41) is 10.4. The van der Waals surface area contributed by atoms with Crippen LogP contribution in [0.15, 0.2) is 40.6 Å². The maximum atomic E-state index is 12.2. The number of rotatable bonds is 5. The van der Waals surface area contributed by atoms with Crippen LogP contribution in [0.25, 0.3) is 0 Å². The zero-order valence-corrected chi connectivity index (χ0v) is 12.5. The number of carbonyl (C=O) groups is 2. The van der Waals surface area contributed by atoms with E-state index in [0.29, 0.717) is 0 Å². The molecule has 0 bridgehead atoms. The maximum absolute atomic E-state index is 12.2. The molecule has 1 heterocycles. The predicted octanol–water partition coefficient (Wildman–Crippen LogP) is 2.45. The van der Waals surface area contributed by atoms with E-state index in [1.54, 1.807) is 0 Å². The Morgan fingerprint density at radius 1 is 1.24 bits per heavy atom. The van der Waals surface area contributed by atoms with Gasteiger partial charge in [0.15, 0.2) is 5.78 Å². The van der Waals surface area contributed by atoms with E-state index in [-0.39, 0.29) is 26.8 Å². The standard InChI is InChI=1S/C13H11NO5S2/c1-8(15)9-3-2-4-10(7-9)21(18,19)14-11-5-6-20-12(11)13(16)17/h2-7,14H,1H3,(H,16,17). The van der Waals surface area contributed by atoms with Gasteiger partial charge in [-0.15, -0.1) is 11.3 Å². The van der Waals surface area contributed by atoms with Crippen LogP contribution in [-0.2, 0) is 10.0 Å². The highest BCUT2D eigenvalue weighted by atomic mass is 32.2. The van der Waals surface area contributed by atoms with Crippen LogP contribution in [0.3, 0.4) is 0 Å². The summed E-state index contributed by atoms with van der Waals surface area (Å²) in [7, 11) is -3.95. The van der Waals surface area contributed by atoms with Gasteiger partial charge in [-0.3, -0.25) is 9.52 Å². The van der Waals surface area contributed by atoms with Gasteiger partial charge in [-0.2, -0.15) is 0 Å². The van der Waals surface area contributed by atoms with Gasteiger partial charge in [-0.1, -0.05) is 12.1 Å². The Hall–Kier alpha value is -2.19. The van der Waals surface area contributed by atoms with Gasteiger partial charge >= 0.3 is 5.97 Å². The molecule has 0 unspecified atom stereocenters. The molecule has 2 aromatic rings. The summed E-state index contributed by atoms with van der Waals surface area (Å²) in [6.07, 6.45) is 0. The lowest BCUT2D eigenvalue weighted by Crippen LogP contribution is -2.14. The van der Waals surface area contributed by atoms with Crippen molar-refractivity contribution in [2.45, 2.75) is 11.8 Å². The fraction of sp³-hybridized carbons (Fsp3) is 0.0769. The van der Waals surface area contributed by atoms with Crippen LogP contribution in [0.2, 0.25) is 0 Å². The van der Waals surface area contributed by atoms with Gasteiger partial charge in [-0.25, -0.2) is 13.2 Å². The minimum Gasteiger partial charge on any atom is -0.477 e. The van der Waals surface area contributed by atoms with Crippen LogP contribution < -0.4 is 4.72 Å². The molecule has 0 amide bonds. The summed E-state index contributed by atoms with van der Waals surface area (Å²) in [6, 6.07) is 6.92. The van der Waals surface area contributed by atoms with Gasteiger partial charge in [0.25, 0.3) is 10.0 Å². The van der Waals surface area contributed by atoms with Crippen molar-refractivity contribution in [1.82, 2.24) is 0 Å². The molecule has 2 N–H and O–H groups in total. The van der Waals surface area contributed by atoms with Crippen LogP contribution in [-0.4, -0.2) is 25.3 Å². The number of hydrogen-bond acceptors (Lipinski definition) is 5. The second-order valence-electron chi connectivity index (χ2n) is 4.16. The Labute approximate surface area is 125 Å². The molecule has 2 rings (SSSR count). The Morgan fingerprint density at radius 2 is 1.95 bits per heavy atom. The number of carbonyl (C=O) groups excluding carboxylic acids is 1. The Morgan fingerprint density at radius 3 is 2.57 bits per heavy atom. The average molecular weight is 325 g/mol. The van der Waals surface area contributed by atoms with E-state index in [1.807, 2.05) is 0 Å². The molecule has 1 aromatic carbocycles. The number of nitrogens with one attached hydrogen (secondary N) is 1.